The van der Waals surface area contributed by atoms with Gasteiger partial charge < -0.3 is 4.98 Å². The fourth-order valence-corrected chi connectivity index (χ4v) is 3.95. The minimum atomic E-state index is -3.11. The van der Waals surface area contributed by atoms with E-state index in [0.29, 0.717) is 10.4 Å². The molecule has 0 aromatic carbocycles. The molecule has 0 saturated carbocycles. The van der Waals surface area contributed by atoms with E-state index in [4.69, 9.17) is 12.2 Å². The first-order valence-corrected chi connectivity index (χ1v) is 8.05. The molecule has 18 heavy (non-hydrogen) atoms. The summed E-state index contributed by atoms with van der Waals surface area (Å²) in [6.45, 7) is 0. The second-order valence-corrected chi connectivity index (χ2v) is 7.28. The molecule has 1 atom stereocenters. The van der Waals surface area contributed by atoms with Gasteiger partial charge in [0.05, 0.1) is 17.3 Å². The van der Waals surface area contributed by atoms with Gasteiger partial charge in [-0.25, -0.2) is 13.4 Å². The Bertz CT molecular complexity index is 819. The van der Waals surface area contributed by atoms with Crippen molar-refractivity contribution in [1.82, 2.24) is 14.5 Å². The molecule has 2 aromatic rings. The summed E-state index contributed by atoms with van der Waals surface area (Å²) in [6.07, 6.45) is 3.30. The largest absolute Gasteiger partial charge is 0.329 e. The lowest BCUT2D eigenvalue weighted by Crippen LogP contribution is -2.12. The van der Waals surface area contributed by atoms with Crippen molar-refractivity contribution in [3.05, 3.63) is 33.0 Å². The number of rotatable bonds is 1. The maximum absolute atomic E-state index is 11.5. The zero-order valence-corrected chi connectivity index (χ0v) is 12.2. The number of hydrogen-bond donors (Lipinski definition) is 1. The molecule has 1 aliphatic rings. The first-order valence-electron chi connectivity index (χ1n) is 5.13. The van der Waals surface area contributed by atoms with E-state index in [1.54, 1.807) is 16.8 Å². The van der Waals surface area contributed by atoms with Crippen molar-refractivity contribution < 1.29 is 8.42 Å². The summed E-state index contributed by atoms with van der Waals surface area (Å²) in [6, 6.07) is 1.58. The average Bonchev–Trinajstić information content (AvgIpc) is 2.77. The Morgan fingerprint density at radius 2 is 2.33 bits per heavy atom. The van der Waals surface area contributed by atoms with E-state index in [2.05, 4.69) is 25.9 Å². The number of sulfone groups is 1. The number of aromatic amines is 1. The Balaban J connectivity index is 2.22. The number of pyridine rings is 1. The number of imidazole rings is 1. The summed E-state index contributed by atoms with van der Waals surface area (Å²) in [4.78, 5) is 7.31. The number of halogens is 1. The van der Waals surface area contributed by atoms with Crippen LogP contribution >= 0.6 is 28.1 Å². The Kier molecular flexibility index (Phi) is 2.68. The fourth-order valence-electron chi connectivity index (χ4n) is 2.02. The van der Waals surface area contributed by atoms with Gasteiger partial charge in [0.25, 0.3) is 0 Å². The molecular weight excluding hydrogens is 338 g/mol. The molecule has 1 unspecified atom stereocenters. The third-order valence-electron chi connectivity index (χ3n) is 2.76. The van der Waals surface area contributed by atoms with Crippen LogP contribution < -0.4 is 0 Å². The van der Waals surface area contributed by atoms with Gasteiger partial charge in [-0.3, -0.25) is 4.57 Å². The molecule has 0 aliphatic carbocycles. The van der Waals surface area contributed by atoms with Gasteiger partial charge in [-0.1, -0.05) is 0 Å². The Morgan fingerprint density at radius 3 is 3.00 bits per heavy atom. The van der Waals surface area contributed by atoms with Crippen molar-refractivity contribution in [2.45, 2.75) is 6.04 Å². The highest BCUT2D eigenvalue weighted by Crippen LogP contribution is 2.25. The number of H-pyrrole nitrogens is 1. The van der Waals surface area contributed by atoms with Gasteiger partial charge in [0.2, 0.25) is 0 Å². The topological polar surface area (TPSA) is 67.8 Å². The van der Waals surface area contributed by atoms with E-state index in [-0.39, 0.29) is 11.8 Å². The first kappa shape index (κ1) is 12.1. The van der Waals surface area contributed by atoms with Crippen molar-refractivity contribution in [2.75, 3.05) is 5.75 Å². The lowest BCUT2D eigenvalue weighted by molar-refractivity contribution is 0.593. The summed E-state index contributed by atoms with van der Waals surface area (Å²) in [7, 11) is -3.11. The van der Waals surface area contributed by atoms with Crippen LogP contribution in [0.1, 0.15) is 6.04 Å². The molecule has 2 aromatic heterocycles. The summed E-state index contributed by atoms with van der Waals surface area (Å²) in [5.41, 5.74) is 1.45. The van der Waals surface area contributed by atoms with Crippen LogP contribution in [0.2, 0.25) is 0 Å². The van der Waals surface area contributed by atoms with Gasteiger partial charge in [-0.2, -0.15) is 0 Å². The van der Waals surface area contributed by atoms with Crippen molar-refractivity contribution >= 4 is 49.1 Å². The molecule has 8 heteroatoms. The van der Waals surface area contributed by atoms with Crippen LogP contribution in [0.5, 0.6) is 0 Å². The van der Waals surface area contributed by atoms with Crippen LogP contribution in [0.4, 0.5) is 0 Å². The predicted octanol–water partition coefficient (Wildman–Crippen LogP) is 2.34. The number of nitrogens with zero attached hydrogens (tertiary/aromatic N) is 2. The number of aromatic nitrogens is 3. The summed E-state index contributed by atoms with van der Waals surface area (Å²) in [5.74, 6) is 0.0337. The van der Waals surface area contributed by atoms with Crippen LogP contribution in [0.3, 0.4) is 0 Å². The number of nitrogens with one attached hydrogen (secondary N) is 1. The number of hydrogen-bond acceptors (Lipinski definition) is 4. The number of fused-ring (bicyclic) bond motifs is 1. The van der Waals surface area contributed by atoms with Crippen LogP contribution in [-0.4, -0.2) is 28.7 Å². The molecule has 0 saturated heterocycles. The molecule has 5 nitrogen and oxygen atoms in total. The second-order valence-electron chi connectivity index (χ2n) is 4.05. The highest BCUT2D eigenvalue weighted by molar-refractivity contribution is 9.10. The van der Waals surface area contributed by atoms with Gasteiger partial charge >= 0.3 is 0 Å². The standard InChI is InChI=1S/C10H8BrN3O2S2/c11-6-3-8-9(12-4-6)14(10(17)13-8)7-1-2-18(15,16)5-7/h1-4,7H,5H2,(H,13,17). The minimum Gasteiger partial charge on any atom is -0.329 e. The van der Waals surface area contributed by atoms with E-state index >= 15 is 0 Å². The zero-order chi connectivity index (χ0) is 12.9. The quantitative estimate of drug-likeness (QED) is 0.805. The van der Waals surface area contributed by atoms with Crippen LogP contribution in [0.25, 0.3) is 11.2 Å². The molecular formula is C10H8BrN3O2S2. The predicted molar refractivity (Wildman–Crippen MR) is 74.6 cm³/mol. The molecule has 0 spiro atoms. The lowest BCUT2D eigenvalue weighted by Gasteiger charge is -2.09. The van der Waals surface area contributed by atoms with Gasteiger partial charge in [-0.05, 0) is 40.3 Å². The third-order valence-corrected chi connectivity index (χ3v) is 4.88. The van der Waals surface area contributed by atoms with Gasteiger partial charge in [0.1, 0.15) is 0 Å². The number of allylic oxidation sites excluding steroid dienone is 1. The molecule has 0 bridgehead atoms. The summed E-state index contributed by atoms with van der Waals surface area (Å²) >= 11 is 8.56. The highest BCUT2D eigenvalue weighted by atomic mass is 79.9. The van der Waals surface area contributed by atoms with Crippen LogP contribution in [0.15, 0.2) is 28.2 Å². The fraction of sp³-hybridized carbons (Fsp3) is 0.200. The second kappa shape index (κ2) is 4.01. The van der Waals surface area contributed by atoms with Crippen LogP contribution in [-0.2, 0) is 9.84 Å². The summed E-state index contributed by atoms with van der Waals surface area (Å²) in [5, 5.41) is 1.23. The summed E-state index contributed by atoms with van der Waals surface area (Å²) < 4.78 is 26.0. The molecule has 0 amide bonds. The smallest absolute Gasteiger partial charge is 0.179 e. The van der Waals surface area contributed by atoms with Gasteiger partial charge in [0, 0.05) is 16.1 Å². The van der Waals surface area contributed by atoms with E-state index in [1.165, 1.54) is 5.41 Å². The Labute approximate surface area is 117 Å². The van der Waals surface area contributed by atoms with E-state index in [9.17, 15) is 8.42 Å². The first-order chi connectivity index (χ1) is 8.46. The van der Waals surface area contributed by atoms with Crippen molar-refractivity contribution in [1.29, 1.82) is 0 Å². The lowest BCUT2D eigenvalue weighted by atomic mass is 10.3. The van der Waals surface area contributed by atoms with Crippen LogP contribution in [0, 0.1) is 4.77 Å². The minimum absolute atomic E-state index is 0.0337. The molecule has 0 radical (unpaired) electrons. The molecule has 0 fully saturated rings. The SMILES string of the molecule is O=S1(=O)C=CC(n2c(=S)[nH]c3cc(Br)cnc32)C1. The third kappa shape index (κ3) is 1.94. The van der Waals surface area contributed by atoms with Gasteiger partial charge in [-0.15, -0.1) is 0 Å². The van der Waals surface area contributed by atoms with E-state index in [1.807, 2.05) is 6.07 Å². The Morgan fingerprint density at radius 1 is 1.56 bits per heavy atom. The maximum atomic E-state index is 11.5. The maximum Gasteiger partial charge on any atom is 0.179 e. The van der Waals surface area contributed by atoms with Crippen molar-refractivity contribution in [3.8, 4) is 0 Å². The Hall–Kier alpha value is -0.990. The van der Waals surface area contributed by atoms with Crippen molar-refractivity contribution in [2.24, 2.45) is 0 Å². The average molecular weight is 346 g/mol. The van der Waals surface area contributed by atoms with E-state index in [0.717, 1.165) is 9.99 Å². The monoisotopic (exact) mass is 345 g/mol. The highest BCUT2D eigenvalue weighted by Gasteiger charge is 2.25. The normalized spacial score (nSPS) is 21.7. The molecule has 1 aliphatic heterocycles. The zero-order valence-electron chi connectivity index (χ0n) is 9.00. The molecule has 1 N–H and O–H groups in total. The molecule has 3 rings (SSSR count). The van der Waals surface area contributed by atoms with E-state index < -0.39 is 9.84 Å². The van der Waals surface area contributed by atoms with Crippen molar-refractivity contribution in [3.63, 3.8) is 0 Å². The van der Waals surface area contributed by atoms with Gasteiger partial charge in [0.15, 0.2) is 20.3 Å². The molecule has 3 heterocycles. The molecule has 94 valence electrons.